The van der Waals surface area contributed by atoms with E-state index >= 15 is 0 Å². The van der Waals surface area contributed by atoms with Crippen molar-refractivity contribution in [2.24, 2.45) is 5.73 Å². The quantitative estimate of drug-likeness (QED) is 0.636. The Morgan fingerprint density at radius 3 is 2.22 bits per heavy atom. The fourth-order valence-corrected chi connectivity index (χ4v) is 4.82. The standard InChI is InChI=1S/C23H26N4O4S/c1-16(22(24)28)17-3-6-20(7-4-17)27-10-9-18-15-19(5-8-21(18)27)23(29)25-11-13-26(14-12-25)32(2,30)31/h3-10,15-16H,11-14H2,1-2H3,(H2,24,28). The summed E-state index contributed by atoms with van der Waals surface area (Å²) in [5, 5.41) is 0.931. The van der Waals surface area contributed by atoms with Gasteiger partial charge in [0, 0.05) is 49.0 Å². The number of nitrogens with two attached hydrogens (primary N) is 1. The molecule has 2 N–H and O–H groups in total. The van der Waals surface area contributed by atoms with Gasteiger partial charge in [0.1, 0.15) is 0 Å². The van der Waals surface area contributed by atoms with Gasteiger partial charge in [-0.25, -0.2) is 8.42 Å². The molecule has 3 aromatic rings. The van der Waals surface area contributed by atoms with Crippen molar-refractivity contribution in [2.75, 3.05) is 32.4 Å². The Balaban J connectivity index is 1.53. The second-order valence-electron chi connectivity index (χ2n) is 8.13. The van der Waals surface area contributed by atoms with Gasteiger partial charge in [0.2, 0.25) is 15.9 Å². The molecule has 1 aromatic heterocycles. The molecule has 1 aliphatic heterocycles. The molecule has 9 heteroatoms. The Labute approximate surface area is 187 Å². The summed E-state index contributed by atoms with van der Waals surface area (Å²) in [5.41, 5.74) is 8.73. The maximum absolute atomic E-state index is 12.9. The first-order chi connectivity index (χ1) is 15.1. The number of amides is 2. The van der Waals surface area contributed by atoms with Crippen molar-refractivity contribution in [3.63, 3.8) is 0 Å². The number of sulfonamides is 1. The molecule has 8 nitrogen and oxygen atoms in total. The number of carbonyl (C=O) groups excluding carboxylic acids is 2. The first-order valence-corrected chi connectivity index (χ1v) is 12.2. The molecule has 0 radical (unpaired) electrons. The third kappa shape index (κ3) is 4.26. The zero-order chi connectivity index (χ0) is 23.0. The zero-order valence-electron chi connectivity index (χ0n) is 18.1. The summed E-state index contributed by atoms with van der Waals surface area (Å²) in [6.45, 7) is 3.16. The van der Waals surface area contributed by atoms with Crippen molar-refractivity contribution in [1.82, 2.24) is 13.8 Å². The van der Waals surface area contributed by atoms with Gasteiger partial charge >= 0.3 is 0 Å². The number of hydrogen-bond donors (Lipinski definition) is 1. The van der Waals surface area contributed by atoms with Crippen molar-refractivity contribution in [1.29, 1.82) is 0 Å². The summed E-state index contributed by atoms with van der Waals surface area (Å²) in [7, 11) is -3.23. The minimum atomic E-state index is -3.23. The van der Waals surface area contributed by atoms with E-state index in [2.05, 4.69) is 0 Å². The summed E-state index contributed by atoms with van der Waals surface area (Å²) in [4.78, 5) is 26.0. The molecule has 0 saturated carbocycles. The van der Waals surface area contributed by atoms with Crippen LogP contribution in [0.3, 0.4) is 0 Å². The van der Waals surface area contributed by atoms with Gasteiger partial charge < -0.3 is 15.2 Å². The number of benzene rings is 2. The van der Waals surface area contributed by atoms with Gasteiger partial charge in [0.15, 0.2) is 0 Å². The SMILES string of the molecule is CC(C(N)=O)c1ccc(-n2ccc3cc(C(=O)N4CCN(S(C)(=O)=O)CC4)ccc32)cc1. The highest BCUT2D eigenvalue weighted by atomic mass is 32.2. The maximum Gasteiger partial charge on any atom is 0.253 e. The smallest absolute Gasteiger partial charge is 0.253 e. The zero-order valence-corrected chi connectivity index (χ0v) is 18.9. The lowest BCUT2D eigenvalue weighted by Gasteiger charge is -2.33. The Kier molecular flexibility index (Phi) is 5.79. The summed E-state index contributed by atoms with van der Waals surface area (Å²) in [6.07, 6.45) is 3.13. The molecule has 1 aliphatic rings. The molecule has 1 saturated heterocycles. The van der Waals surface area contributed by atoms with Gasteiger partial charge in [-0.15, -0.1) is 0 Å². The van der Waals surface area contributed by atoms with Gasteiger partial charge in [-0.3, -0.25) is 9.59 Å². The normalized spacial score (nSPS) is 16.2. The molecule has 1 unspecified atom stereocenters. The van der Waals surface area contributed by atoms with E-state index in [0.29, 0.717) is 31.7 Å². The number of carbonyl (C=O) groups is 2. The van der Waals surface area contributed by atoms with Crippen LogP contribution in [0.1, 0.15) is 28.8 Å². The average Bonchev–Trinajstić information content (AvgIpc) is 3.21. The number of primary amides is 1. The number of hydrogen-bond acceptors (Lipinski definition) is 4. The predicted molar refractivity (Wildman–Crippen MR) is 123 cm³/mol. The van der Waals surface area contributed by atoms with Crippen LogP contribution in [0, 0.1) is 0 Å². The largest absolute Gasteiger partial charge is 0.369 e. The molecule has 168 valence electrons. The summed E-state index contributed by atoms with van der Waals surface area (Å²) < 4.78 is 26.8. The number of aromatic nitrogens is 1. The van der Waals surface area contributed by atoms with Gasteiger partial charge in [-0.1, -0.05) is 12.1 Å². The molecule has 1 fully saturated rings. The topological polar surface area (TPSA) is 106 Å². The van der Waals surface area contributed by atoms with Crippen LogP contribution in [0.15, 0.2) is 54.7 Å². The Morgan fingerprint density at radius 2 is 1.62 bits per heavy atom. The highest BCUT2D eigenvalue weighted by molar-refractivity contribution is 7.88. The highest BCUT2D eigenvalue weighted by Crippen LogP contribution is 2.24. The molecule has 0 spiro atoms. The molecule has 2 aromatic carbocycles. The number of piperazine rings is 1. The van der Waals surface area contributed by atoms with Gasteiger partial charge in [0.05, 0.1) is 17.7 Å². The lowest BCUT2D eigenvalue weighted by Crippen LogP contribution is -2.50. The van der Waals surface area contributed by atoms with Crippen LogP contribution in [0.5, 0.6) is 0 Å². The number of nitrogens with zero attached hydrogens (tertiary/aromatic N) is 3. The van der Waals surface area contributed by atoms with E-state index in [1.807, 2.05) is 53.2 Å². The van der Waals surface area contributed by atoms with E-state index in [-0.39, 0.29) is 17.7 Å². The molecular weight excluding hydrogens is 428 g/mol. The van der Waals surface area contributed by atoms with Crippen molar-refractivity contribution >= 4 is 32.7 Å². The minimum absolute atomic E-state index is 0.0995. The minimum Gasteiger partial charge on any atom is -0.369 e. The molecule has 0 bridgehead atoms. The highest BCUT2D eigenvalue weighted by Gasteiger charge is 2.26. The van der Waals surface area contributed by atoms with Crippen molar-refractivity contribution in [2.45, 2.75) is 12.8 Å². The third-order valence-electron chi connectivity index (χ3n) is 6.03. The van der Waals surface area contributed by atoms with E-state index in [0.717, 1.165) is 22.2 Å². The van der Waals surface area contributed by atoms with Crippen molar-refractivity contribution in [3.8, 4) is 5.69 Å². The van der Waals surface area contributed by atoms with E-state index in [1.54, 1.807) is 17.9 Å². The number of rotatable bonds is 5. The maximum atomic E-state index is 12.9. The molecular formula is C23H26N4O4S. The van der Waals surface area contributed by atoms with E-state index in [4.69, 9.17) is 5.73 Å². The molecule has 2 heterocycles. The first-order valence-electron chi connectivity index (χ1n) is 10.4. The van der Waals surface area contributed by atoms with Crippen LogP contribution >= 0.6 is 0 Å². The van der Waals surface area contributed by atoms with Crippen LogP contribution < -0.4 is 5.73 Å². The van der Waals surface area contributed by atoms with Gasteiger partial charge in [-0.05, 0) is 48.9 Å². The van der Waals surface area contributed by atoms with E-state index in [1.165, 1.54) is 10.6 Å². The van der Waals surface area contributed by atoms with Crippen LogP contribution in [-0.2, 0) is 14.8 Å². The van der Waals surface area contributed by atoms with Crippen LogP contribution in [-0.4, -0.2) is 66.4 Å². The van der Waals surface area contributed by atoms with Crippen LogP contribution in [0.2, 0.25) is 0 Å². The third-order valence-corrected chi connectivity index (χ3v) is 7.33. The molecule has 1 atom stereocenters. The number of fused-ring (bicyclic) bond motifs is 1. The summed E-state index contributed by atoms with van der Waals surface area (Å²) >= 11 is 0. The van der Waals surface area contributed by atoms with Gasteiger partial charge in [-0.2, -0.15) is 4.31 Å². The lowest BCUT2D eigenvalue weighted by atomic mass is 10.0. The second-order valence-corrected chi connectivity index (χ2v) is 10.1. The Bertz CT molecular complexity index is 1270. The fraction of sp³-hybridized carbons (Fsp3) is 0.304. The molecule has 0 aliphatic carbocycles. The van der Waals surface area contributed by atoms with Crippen LogP contribution in [0.4, 0.5) is 0 Å². The molecule has 32 heavy (non-hydrogen) atoms. The van der Waals surface area contributed by atoms with Gasteiger partial charge in [0.25, 0.3) is 5.91 Å². The molecule has 4 rings (SSSR count). The average molecular weight is 455 g/mol. The van der Waals surface area contributed by atoms with E-state index in [9.17, 15) is 18.0 Å². The Hall–Kier alpha value is -3.17. The monoisotopic (exact) mass is 454 g/mol. The Morgan fingerprint density at radius 1 is 0.969 bits per heavy atom. The first kappa shape index (κ1) is 22.0. The van der Waals surface area contributed by atoms with Crippen molar-refractivity contribution in [3.05, 3.63) is 65.9 Å². The lowest BCUT2D eigenvalue weighted by molar-refractivity contribution is -0.119. The fourth-order valence-electron chi connectivity index (χ4n) is 3.99. The summed E-state index contributed by atoms with van der Waals surface area (Å²) in [6, 6.07) is 15.2. The predicted octanol–water partition coefficient (Wildman–Crippen LogP) is 1.94. The van der Waals surface area contributed by atoms with Crippen LogP contribution in [0.25, 0.3) is 16.6 Å². The second kappa shape index (κ2) is 8.40. The van der Waals surface area contributed by atoms with Crippen molar-refractivity contribution < 1.29 is 18.0 Å². The summed E-state index contributed by atoms with van der Waals surface area (Å²) in [5.74, 6) is -0.810. The van der Waals surface area contributed by atoms with E-state index < -0.39 is 10.0 Å². The molecule has 2 amide bonds.